The van der Waals surface area contributed by atoms with E-state index in [-0.39, 0.29) is 18.6 Å². The average molecular weight is 559 g/mol. The first kappa shape index (κ1) is 28.5. The molecule has 1 aliphatic rings. The molecule has 10 nitrogen and oxygen atoms in total. The number of aromatic nitrogens is 3. The topological polar surface area (TPSA) is 127 Å². The summed E-state index contributed by atoms with van der Waals surface area (Å²) in [5.41, 5.74) is 10.2. The van der Waals surface area contributed by atoms with Crippen molar-refractivity contribution in [2.24, 2.45) is 0 Å². The first-order chi connectivity index (χ1) is 19.9. The number of para-hydroxylation sites is 1. The smallest absolute Gasteiger partial charge is 0.337 e. The van der Waals surface area contributed by atoms with E-state index in [1.807, 2.05) is 34.1 Å². The normalized spacial score (nSPS) is 13.9. The Balaban J connectivity index is 1.40. The lowest BCUT2D eigenvalue weighted by molar-refractivity contribution is -0.135. The van der Waals surface area contributed by atoms with Crippen LogP contribution in [0.3, 0.4) is 0 Å². The molecule has 0 spiro atoms. The molecule has 2 aromatic carbocycles. The van der Waals surface area contributed by atoms with Crippen LogP contribution in [0.1, 0.15) is 47.9 Å². The number of benzene rings is 2. The van der Waals surface area contributed by atoms with Gasteiger partial charge in [0.2, 0.25) is 5.91 Å². The number of carbonyl (C=O) groups is 2. The molecule has 5 rings (SSSR count). The highest BCUT2D eigenvalue weighted by molar-refractivity contribution is 6.06. The third-order valence-electron chi connectivity index (χ3n) is 7.62. The number of hydrogen-bond acceptors (Lipinski definition) is 8. The molecule has 216 valence electrons. The molecule has 2 aromatic heterocycles. The summed E-state index contributed by atoms with van der Waals surface area (Å²) in [5.74, 6) is 0.979. The Labute approximate surface area is 239 Å². The van der Waals surface area contributed by atoms with Gasteiger partial charge < -0.3 is 25.0 Å². The quantitative estimate of drug-likeness (QED) is 0.254. The molecule has 0 atom stereocenters. The Hall–Kier alpha value is -4.02. The Kier molecular flexibility index (Phi) is 8.80. The van der Waals surface area contributed by atoms with Crippen LogP contribution in [0.5, 0.6) is 0 Å². The van der Waals surface area contributed by atoms with Gasteiger partial charge in [0.05, 0.1) is 36.4 Å². The van der Waals surface area contributed by atoms with Crippen molar-refractivity contribution >= 4 is 39.6 Å². The third-order valence-corrected chi connectivity index (χ3v) is 7.62. The van der Waals surface area contributed by atoms with Crippen LogP contribution in [-0.2, 0) is 29.0 Å². The maximum atomic E-state index is 13.4. The minimum Gasteiger partial charge on any atom is -0.465 e. The Morgan fingerprint density at radius 1 is 1.12 bits per heavy atom. The van der Waals surface area contributed by atoms with Gasteiger partial charge in [0.15, 0.2) is 5.82 Å². The van der Waals surface area contributed by atoms with E-state index in [2.05, 4.69) is 22.5 Å². The molecule has 3 heterocycles. The molecule has 1 saturated heterocycles. The number of aryl methyl sites for hydroxylation is 2. The lowest BCUT2D eigenvalue weighted by atomic mass is 10.1. The number of amides is 1. The maximum absolute atomic E-state index is 13.4. The van der Waals surface area contributed by atoms with Crippen LogP contribution >= 0.6 is 0 Å². The number of nitrogens with zero attached hydrogens (tertiary/aromatic N) is 5. The minimum atomic E-state index is -0.410. The fourth-order valence-corrected chi connectivity index (χ4v) is 5.48. The zero-order valence-electron chi connectivity index (χ0n) is 23.8. The predicted molar refractivity (Wildman–Crippen MR) is 158 cm³/mol. The summed E-state index contributed by atoms with van der Waals surface area (Å²) in [6, 6.07) is 15.2. The first-order valence-electron chi connectivity index (χ1n) is 14.3. The lowest BCUT2D eigenvalue weighted by Gasteiger charge is -2.36. The van der Waals surface area contributed by atoms with Gasteiger partial charge in [-0.15, -0.1) is 0 Å². The third kappa shape index (κ3) is 6.34. The van der Waals surface area contributed by atoms with Crippen LogP contribution in [-0.4, -0.2) is 80.7 Å². The molecular weight excluding hydrogens is 520 g/mol. The number of β-amino-alcohol motifs (C(OH)–C–C–N with tert-alkyl or cyclic N) is 1. The first-order valence-corrected chi connectivity index (χ1v) is 14.3. The number of unbranched alkanes of at least 4 members (excludes halogenated alkanes) is 1. The van der Waals surface area contributed by atoms with Crippen molar-refractivity contribution in [3.63, 3.8) is 0 Å². The van der Waals surface area contributed by atoms with Gasteiger partial charge in [-0.2, -0.15) is 0 Å². The highest BCUT2D eigenvalue weighted by Crippen LogP contribution is 2.29. The molecule has 0 aliphatic carbocycles. The number of nitrogens with two attached hydrogens (primary N) is 1. The Bertz CT molecular complexity index is 1540. The number of fused-ring (bicyclic) bond motifs is 3. The lowest BCUT2D eigenvalue weighted by Crippen LogP contribution is -2.54. The van der Waals surface area contributed by atoms with E-state index in [0.29, 0.717) is 50.5 Å². The minimum absolute atomic E-state index is 0.0130. The standard InChI is InChI=1S/C31H38N6O4/c1-3-4-13-26-34-28-29(24-11-5-6-12-25(24)33-30(28)32)37(26)15-8-14-36(27(39)20-35-18-23(38)19-35)17-21-9-7-10-22(16-21)31(40)41-2/h5-7,9-12,16,23,38H,3-4,8,13-15,17-20H2,1-2H3,(H2,32,33). The van der Waals surface area contributed by atoms with E-state index in [4.69, 9.17) is 15.5 Å². The van der Waals surface area contributed by atoms with Crippen LogP contribution in [0.15, 0.2) is 48.5 Å². The molecule has 0 saturated carbocycles. The number of anilines is 1. The van der Waals surface area contributed by atoms with Gasteiger partial charge in [0, 0.05) is 44.5 Å². The van der Waals surface area contributed by atoms with Gasteiger partial charge in [-0.3, -0.25) is 9.69 Å². The second kappa shape index (κ2) is 12.7. The van der Waals surface area contributed by atoms with E-state index in [9.17, 15) is 14.7 Å². The number of aliphatic hydroxyl groups excluding tert-OH is 1. The zero-order valence-corrected chi connectivity index (χ0v) is 23.8. The summed E-state index contributed by atoms with van der Waals surface area (Å²) in [5, 5.41) is 10.7. The monoisotopic (exact) mass is 558 g/mol. The van der Waals surface area contributed by atoms with Crippen molar-refractivity contribution in [1.82, 2.24) is 24.3 Å². The number of aliphatic hydroxyl groups is 1. The molecule has 41 heavy (non-hydrogen) atoms. The fraction of sp³-hybridized carbons (Fsp3) is 0.419. The number of imidazole rings is 1. The predicted octanol–water partition coefficient (Wildman–Crippen LogP) is 3.39. The summed E-state index contributed by atoms with van der Waals surface area (Å²) < 4.78 is 7.12. The van der Waals surface area contributed by atoms with Crippen molar-refractivity contribution in [2.45, 2.75) is 51.8 Å². The molecule has 0 radical (unpaired) electrons. The van der Waals surface area contributed by atoms with Crippen molar-refractivity contribution in [1.29, 1.82) is 0 Å². The molecule has 1 fully saturated rings. The van der Waals surface area contributed by atoms with E-state index in [1.165, 1.54) is 7.11 Å². The number of carbonyl (C=O) groups excluding carboxylic acids is 2. The van der Waals surface area contributed by atoms with Gasteiger partial charge in [0.25, 0.3) is 0 Å². The second-order valence-electron chi connectivity index (χ2n) is 10.7. The number of methoxy groups -OCH3 is 1. The number of likely N-dealkylation sites (tertiary alicyclic amines) is 1. The fourth-order valence-electron chi connectivity index (χ4n) is 5.48. The highest BCUT2D eigenvalue weighted by atomic mass is 16.5. The van der Waals surface area contributed by atoms with Gasteiger partial charge in [-0.25, -0.2) is 14.8 Å². The summed E-state index contributed by atoms with van der Waals surface area (Å²) in [6.45, 7) is 4.96. The number of nitrogen functional groups attached to an aromatic ring is 1. The average Bonchev–Trinajstić information content (AvgIpc) is 3.33. The summed E-state index contributed by atoms with van der Waals surface area (Å²) in [7, 11) is 1.35. The molecule has 1 aliphatic heterocycles. The van der Waals surface area contributed by atoms with Crippen molar-refractivity contribution in [3.05, 3.63) is 65.5 Å². The van der Waals surface area contributed by atoms with E-state index in [1.54, 1.807) is 18.2 Å². The van der Waals surface area contributed by atoms with Crippen LogP contribution in [0, 0.1) is 0 Å². The van der Waals surface area contributed by atoms with E-state index >= 15 is 0 Å². The van der Waals surface area contributed by atoms with Crippen LogP contribution < -0.4 is 5.73 Å². The summed E-state index contributed by atoms with van der Waals surface area (Å²) >= 11 is 0. The number of hydrogen-bond donors (Lipinski definition) is 2. The van der Waals surface area contributed by atoms with Gasteiger partial charge in [-0.1, -0.05) is 43.7 Å². The molecular formula is C31H38N6O4. The largest absolute Gasteiger partial charge is 0.465 e. The maximum Gasteiger partial charge on any atom is 0.337 e. The summed E-state index contributed by atoms with van der Waals surface area (Å²) in [6.07, 6.45) is 3.22. The van der Waals surface area contributed by atoms with E-state index in [0.717, 1.165) is 52.6 Å². The van der Waals surface area contributed by atoms with E-state index < -0.39 is 5.97 Å². The highest BCUT2D eigenvalue weighted by Gasteiger charge is 2.28. The van der Waals surface area contributed by atoms with Crippen molar-refractivity contribution in [3.8, 4) is 0 Å². The molecule has 0 bridgehead atoms. The number of esters is 1. The number of ether oxygens (including phenoxy) is 1. The molecule has 4 aromatic rings. The Morgan fingerprint density at radius 3 is 2.68 bits per heavy atom. The van der Waals surface area contributed by atoms with Crippen molar-refractivity contribution < 1.29 is 19.4 Å². The second-order valence-corrected chi connectivity index (χ2v) is 10.7. The molecule has 3 N–H and O–H groups in total. The summed E-state index contributed by atoms with van der Waals surface area (Å²) in [4.78, 5) is 38.8. The Morgan fingerprint density at radius 2 is 1.93 bits per heavy atom. The number of rotatable bonds is 12. The number of pyridine rings is 1. The van der Waals surface area contributed by atoms with Gasteiger partial charge in [0.1, 0.15) is 11.3 Å². The SMILES string of the molecule is CCCCc1nc2c(N)nc3ccccc3c2n1CCCN(Cc1cccc(C(=O)OC)c1)C(=O)CN1CC(O)C1. The van der Waals surface area contributed by atoms with Gasteiger partial charge >= 0.3 is 5.97 Å². The van der Waals surface area contributed by atoms with Crippen LogP contribution in [0.25, 0.3) is 21.9 Å². The van der Waals surface area contributed by atoms with Crippen LogP contribution in [0.2, 0.25) is 0 Å². The molecule has 10 heteroatoms. The van der Waals surface area contributed by atoms with Crippen LogP contribution in [0.4, 0.5) is 5.82 Å². The zero-order chi connectivity index (χ0) is 28.9. The van der Waals surface area contributed by atoms with Crippen molar-refractivity contribution in [2.75, 3.05) is 39.0 Å². The molecule has 1 amide bonds. The molecule has 0 unspecified atom stereocenters. The van der Waals surface area contributed by atoms with Gasteiger partial charge in [-0.05, 0) is 36.6 Å².